The van der Waals surface area contributed by atoms with Gasteiger partial charge in [-0.05, 0) is 54.3 Å². The molecule has 0 saturated carbocycles. The van der Waals surface area contributed by atoms with E-state index >= 15 is 0 Å². The quantitative estimate of drug-likeness (QED) is 0.437. The lowest BCUT2D eigenvalue weighted by atomic mass is 9.96. The largest absolute Gasteiger partial charge is 0.480 e. The van der Waals surface area contributed by atoms with Crippen molar-refractivity contribution in [2.24, 2.45) is 0 Å². The van der Waals surface area contributed by atoms with Crippen molar-refractivity contribution in [3.05, 3.63) is 98.9 Å². The smallest absolute Gasteiger partial charge is 0.326 e. The van der Waals surface area contributed by atoms with Gasteiger partial charge in [0.05, 0.1) is 15.6 Å². The van der Waals surface area contributed by atoms with E-state index in [4.69, 9.17) is 27.6 Å². The summed E-state index contributed by atoms with van der Waals surface area (Å²) in [5.41, 5.74) is 2.90. The summed E-state index contributed by atoms with van der Waals surface area (Å²) in [4.78, 5) is 38.8. The Morgan fingerprint density at radius 3 is 2.31 bits per heavy atom. The summed E-state index contributed by atoms with van der Waals surface area (Å²) in [6.07, 6.45) is 2.80. The molecule has 1 aromatic heterocycles. The molecule has 2 amide bonds. The molecule has 36 heavy (non-hydrogen) atoms. The van der Waals surface area contributed by atoms with Crippen molar-refractivity contribution in [1.29, 1.82) is 0 Å². The van der Waals surface area contributed by atoms with Crippen LogP contribution in [0.4, 0.5) is 0 Å². The number of rotatable bonds is 7. The molecule has 2 N–H and O–H groups in total. The van der Waals surface area contributed by atoms with Crippen LogP contribution in [0.15, 0.2) is 65.1 Å². The van der Waals surface area contributed by atoms with Gasteiger partial charge in [0.2, 0.25) is 0 Å². The van der Waals surface area contributed by atoms with E-state index in [2.05, 4.69) is 5.32 Å². The normalized spacial score (nSPS) is 14.2. The van der Waals surface area contributed by atoms with Gasteiger partial charge in [-0.3, -0.25) is 9.59 Å². The Balaban J connectivity index is 1.40. The number of nitrogens with one attached hydrogen (secondary N) is 1. The molecule has 3 aromatic rings. The first-order chi connectivity index (χ1) is 17.2. The lowest BCUT2D eigenvalue weighted by Crippen LogP contribution is -2.42. The highest BCUT2D eigenvalue weighted by Crippen LogP contribution is 2.26. The van der Waals surface area contributed by atoms with Gasteiger partial charge in [-0.2, -0.15) is 0 Å². The summed E-state index contributed by atoms with van der Waals surface area (Å²) in [6.45, 7) is 2.85. The van der Waals surface area contributed by atoms with Crippen LogP contribution < -0.4 is 5.32 Å². The van der Waals surface area contributed by atoms with Crippen molar-refractivity contribution in [2.75, 3.05) is 13.1 Å². The van der Waals surface area contributed by atoms with Gasteiger partial charge in [-0.25, -0.2) is 4.79 Å². The fraction of sp³-hybridized carbons (Fsp3) is 0.222. The molecule has 1 aliphatic heterocycles. The lowest BCUT2D eigenvalue weighted by Gasteiger charge is -2.26. The number of hydrogen-bond donors (Lipinski definition) is 2. The Morgan fingerprint density at radius 1 is 1.06 bits per heavy atom. The molecule has 0 aliphatic carbocycles. The Bertz CT molecular complexity index is 1310. The Kier molecular flexibility index (Phi) is 7.82. The van der Waals surface area contributed by atoms with Gasteiger partial charge in [0, 0.05) is 19.5 Å². The van der Waals surface area contributed by atoms with Crippen molar-refractivity contribution in [3.8, 4) is 0 Å². The Morgan fingerprint density at radius 2 is 1.75 bits per heavy atom. The van der Waals surface area contributed by atoms with Gasteiger partial charge in [-0.15, -0.1) is 0 Å². The van der Waals surface area contributed by atoms with Gasteiger partial charge in [0.15, 0.2) is 5.76 Å². The minimum absolute atomic E-state index is 0.0429. The molecule has 2 aromatic carbocycles. The second-order valence-electron chi connectivity index (χ2n) is 8.50. The third-order valence-corrected chi connectivity index (χ3v) is 6.64. The molecule has 2 heterocycles. The molecule has 186 valence electrons. The average molecular weight is 527 g/mol. The van der Waals surface area contributed by atoms with Crippen LogP contribution in [0, 0.1) is 6.92 Å². The van der Waals surface area contributed by atoms with Crippen LogP contribution in [0.1, 0.15) is 44.2 Å². The first-order valence-corrected chi connectivity index (χ1v) is 12.1. The number of nitrogens with zero attached hydrogens (tertiary/aromatic N) is 1. The second kappa shape index (κ2) is 11.0. The zero-order valence-corrected chi connectivity index (χ0v) is 21.0. The van der Waals surface area contributed by atoms with Crippen LogP contribution in [0.25, 0.3) is 5.57 Å². The number of hydrogen-bond acceptors (Lipinski definition) is 4. The van der Waals surface area contributed by atoms with Gasteiger partial charge >= 0.3 is 5.97 Å². The first-order valence-electron chi connectivity index (χ1n) is 11.3. The molecule has 1 atom stereocenters. The third-order valence-electron chi connectivity index (χ3n) is 6.01. The summed E-state index contributed by atoms with van der Waals surface area (Å²) >= 11 is 12.1. The molecule has 0 bridgehead atoms. The minimum atomic E-state index is -1.16. The fourth-order valence-corrected chi connectivity index (χ4v) is 4.63. The van der Waals surface area contributed by atoms with Crippen LogP contribution in [0.2, 0.25) is 10.0 Å². The molecule has 0 saturated heterocycles. The number of benzene rings is 2. The van der Waals surface area contributed by atoms with Crippen LogP contribution in [-0.2, 0) is 11.2 Å². The molecule has 0 fully saturated rings. The zero-order valence-electron chi connectivity index (χ0n) is 19.5. The number of carbonyl (C=O) groups is 3. The second-order valence-corrected chi connectivity index (χ2v) is 9.32. The lowest BCUT2D eigenvalue weighted by molar-refractivity contribution is -0.139. The number of furan rings is 1. The first kappa shape index (κ1) is 25.5. The van der Waals surface area contributed by atoms with E-state index in [9.17, 15) is 19.5 Å². The van der Waals surface area contributed by atoms with E-state index in [0.717, 1.165) is 16.7 Å². The van der Waals surface area contributed by atoms with E-state index in [1.165, 1.54) is 12.1 Å². The van der Waals surface area contributed by atoms with Gasteiger partial charge in [0.25, 0.3) is 11.8 Å². The summed E-state index contributed by atoms with van der Waals surface area (Å²) in [7, 11) is 0. The van der Waals surface area contributed by atoms with E-state index in [-0.39, 0.29) is 27.9 Å². The molecular weight excluding hydrogens is 503 g/mol. The molecule has 1 aliphatic rings. The molecule has 0 spiro atoms. The molecule has 0 unspecified atom stereocenters. The highest BCUT2D eigenvalue weighted by Gasteiger charge is 2.24. The topological polar surface area (TPSA) is 99.9 Å². The number of carboxylic acid groups (broad SMARTS) is 1. The van der Waals surface area contributed by atoms with Crippen LogP contribution in [0.3, 0.4) is 0 Å². The molecule has 7 nitrogen and oxygen atoms in total. The number of halogens is 2. The van der Waals surface area contributed by atoms with Gasteiger partial charge in [-0.1, -0.05) is 59.6 Å². The highest BCUT2D eigenvalue weighted by molar-refractivity contribution is 6.39. The zero-order chi connectivity index (χ0) is 25.8. The van der Waals surface area contributed by atoms with Crippen molar-refractivity contribution >= 4 is 46.6 Å². The highest BCUT2D eigenvalue weighted by atomic mass is 35.5. The third kappa shape index (κ3) is 5.80. The minimum Gasteiger partial charge on any atom is -0.480 e. The van der Waals surface area contributed by atoms with Crippen molar-refractivity contribution < 1.29 is 23.9 Å². The average Bonchev–Trinajstić information content (AvgIpc) is 3.30. The van der Waals surface area contributed by atoms with Gasteiger partial charge < -0.3 is 19.7 Å². The predicted octanol–water partition coefficient (Wildman–Crippen LogP) is 5.25. The number of carbonyl (C=O) groups excluding carboxylic acids is 2. The molecule has 4 rings (SSSR count). The van der Waals surface area contributed by atoms with Crippen molar-refractivity contribution in [1.82, 2.24) is 10.2 Å². The number of carboxylic acids is 1. The SMILES string of the molecule is Cc1ccc(C(=O)N2CC=C(c3ccc(C[C@H](NC(=O)c4c(Cl)cccc4Cl)C(=O)O)cc3)CC2)o1. The van der Waals surface area contributed by atoms with Crippen molar-refractivity contribution in [3.63, 3.8) is 0 Å². The van der Waals surface area contributed by atoms with Crippen LogP contribution in [-0.4, -0.2) is 46.9 Å². The maximum Gasteiger partial charge on any atom is 0.326 e. The summed E-state index contributed by atoms with van der Waals surface area (Å²) < 4.78 is 5.44. The standard InChI is InChI=1S/C27H24Cl2N2O5/c1-16-5-10-23(36-16)26(33)31-13-11-19(12-14-31)18-8-6-17(7-9-18)15-22(27(34)35)30-25(32)24-20(28)3-2-4-21(24)29/h2-11,22H,12-15H2,1H3,(H,30,32)(H,34,35)/t22-/m0/s1. The maximum atomic E-state index is 12.6. The summed E-state index contributed by atoms with van der Waals surface area (Å²) in [6, 6.07) is 14.4. The molecule has 0 radical (unpaired) electrons. The molecule has 9 heteroatoms. The number of aliphatic carboxylic acids is 1. The molecular formula is C27H24Cl2N2O5. The van der Waals surface area contributed by atoms with E-state index in [1.807, 2.05) is 30.3 Å². The maximum absolute atomic E-state index is 12.6. The Hall–Kier alpha value is -3.55. The van der Waals surface area contributed by atoms with E-state index in [1.54, 1.807) is 30.0 Å². The van der Waals surface area contributed by atoms with Crippen LogP contribution in [0.5, 0.6) is 0 Å². The Labute approximate surface area is 218 Å². The summed E-state index contributed by atoms with van der Waals surface area (Å²) in [5, 5.41) is 12.5. The number of amides is 2. The van der Waals surface area contributed by atoms with Crippen molar-refractivity contribution in [2.45, 2.75) is 25.8 Å². The van der Waals surface area contributed by atoms with Crippen LogP contribution >= 0.6 is 23.2 Å². The summed E-state index contributed by atoms with van der Waals surface area (Å²) in [5.74, 6) is -0.906. The fourth-order valence-electron chi connectivity index (χ4n) is 4.06. The van der Waals surface area contributed by atoms with Gasteiger partial charge in [0.1, 0.15) is 11.8 Å². The number of aryl methyl sites for hydroxylation is 1. The van der Waals surface area contributed by atoms with E-state index in [0.29, 0.717) is 31.0 Å². The predicted molar refractivity (Wildman–Crippen MR) is 137 cm³/mol. The van der Waals surface area contributed by atoms with E-state index < -0.39 is 17.9 Å². The monoisotopic (exact) mass is 526 g/mol.